The van der Waals surface area contributed by atoms with Crippen LogP contribution in [-0.4, -0.2) is 24.9 Å². The van der Waals surface area contributed by atoms with E-state index in [0.29, 0.717) is 10.6 Å². The molecule has 7 heteroatoms. The van der Waals surface area contributed by atoms with Crippen LogP contribution in [0.1, 0.15) is 18.4 Å². The van der Waals surface area contributed by atoms with Crippen molar-refractivity contribution in [3.05, 3.63) is 22.7 Å². The Kier molecular flexibility index (Phi) is 5.75. The molecule has 0 atom stereocenters. The Morgan fingerprint density at radius 2 is 2.05 bits per heavy atom. The number of benzene rings is 1. The normalized spacial score (nSPS) is 11.6. The summed E-state index contributed by atoms with van der Waals surface area (Å²) in [4.78, 5) is 0. The highest BCUT2D eigenvalue weighted by atomic mass is 35.5. The van der Waals surface area contributed by atoms with Gasteiger partial charge in [0.1, 0.15) is 0 Å². The molecular formula is C12H15ClF3NO2. The van der Waals surface area contributed by atoms with E-state index >= 15 is 0 Å². The predicted octanol–water partition coefficient (Wildman–Crippen LogP) is 3.49. The summed E-state index contributed by atoms with van der Waals surface area (Å²) in [6.07, 6.45) is -4.98. The fraction of sp³-hybridized carbons (Fsp3) is 0.500. The molecule has 0 spiro atoms. The van der Waals surface area contributed by atoms with Crippen LogP contribution in [0.2, 0.25) is 5.02 Å². The average Bonchev–Trinajstić information content (AvgIpc) is 2.31. The molecule has 0 unspecified atom stereocenters. The number of nitrogens with one attached hydrogen (secondary N) is 1. The number of halogens is 4. The number of rotatable bonds is 6. The Balaban J connectivity index is 2.47. The van der Waals surface area contributed by atoms with Gasteiger partial charge in [0, 0.05) is 29.6 Å². The van der Waals surface area contributed by atoms with Gasteiger partial charge < -0.3 is 15.2 Å². The van der Waals surface area contributed by atoms with Crippen molar-refractivity contribution in [3.8, 4) is 11.5 Å². The van der Waals surface area contributed by atoms with Crippen LogP contribution >= 0.6 is 11.6 Å². The zero-order valence-corrected chi connectivity index (χ0v) is 11.1. The van der Waals surface area contributed by atoms with Gasteiger partial charge in [-0.15, -0.1) is 0 Å². The molecule has 0 aliphatic rings. The van der Waals surface area contributed by atoms with Crippen LogP contribution in [0.5, 0.6) is 11.5 Å². The fourth-order valence-corrected chi connectivity index (χ4v) is 1.79. The van der Waals surface area contributed by atoms with E-state index in [1.807, 2.05) is 0 Å². The van der Waals surface area contributed by atoms with Crippen LogP contribution in [0.15, 0.2) is 12.1 Å². The van der Waals surface area contributed by atoms with Crippen LogP contribution in [0.25, 0.3) is 0 Å². The van der Waals surface area contributed by atoms with E-state index in [-0.39, 0.29) is 31.0 Å². The molecule has 108 valence electrons. The van der Waals surface area contributed by atoms with Crippen molar-refractivity contribution in [3.63, 3.8) is 0 Å². The molecule has 1 rings (SSSR count). The summed E-state index contributed by atoms with van der Waals surface area (Å²) in [7, 11) is 1.39. The van der Waals surface area contributed by atoms with Gasteiger partial charge in [0.05, 0.1) is 7.11 Å². The third kappa shape index (κ3) is 5.57. The van der Waals surface area contributed by atoms with Crippen molar-refractivity contribution in [1.29, 1.82) is 0 Å². The van der Waals surface area contributed by atoms with Gasteiger partial charge in [-0.2, -0.15) is 13.2 Å². The summed E-state index contributed by atoms with van der Waals surface area (Å²) in [5.41, 5.74) is 0.483. The van der Waals surface area contributed by atoms with Crippen molar-refractivity contribution < 1.29 is 23.0 Å². The maximum absolute atomic E-state index is 11.9. The molecule has 0 aliphatic carbocycles. The summed E-state index contributed by atoms with van der Waals surface area (Å²) in [6.45, 7) is 0.425. The lowest BCUT2D eigenvalue weighted by atomic mass is 10.2. The molecular weight excluding hydrogens is 283 g/mol. The SMILES string of the molecule is COc1cc(Cl)cc(CNCCCC(F)(F)F)c1O. The lowest BCUT2D eigenvalue weighted by molar-refractivity contribution is -0.135. The van der Waals surface area contributed by atoms with Crippen LogP contribution in [0.4, 0.5) is 13.2 Å². The van der Waals surface area contributed by atoms with Crippen molar-refractivity contribution in [2.24, 2.45) is 0 Å². The number of ether oxygens (including phenoxy) is 1. The Morgan fingerprint density at radius 1 is 1.37 bits per heavy atom. The topological polar surface area (TPSA) is 41.5 Å². The van der Waals surface area contributed by atoms with Crippen LogP contribution in [-0.2, 0) is 6.54 Å². The van der Waals surface area contributed by atoms with Crippen LogP contribution < -0.4 is 10.1 Å². The molecule has 0 amide bonds. The largest absolute Gasteiger partial charge is 0.504 e. The van der Waals surface area contributed by atoms with E-state index < -0.39 is 12.6 Å². The summed E-state index contributed by atoms with van der Waals surface area (Å²) in [6, 6.07) is 3.00. The molecule has 0 saturated heterocycles. The van der Waals surface area contributed by atoms with Crippen molar-refractivity contribution in [1.82, 2.24) is 5.32 Å². The van der Waals surface area contributed by atoms with Gasteiger partial charge in [0.2, 0.25) is 0 Å². The highest BCUT2D eigenvalue weighted by Crippen LogP contribution is 2.33. The summed E-state index contributed by atoms with van der Waals surface area (Å²) >= 11 is 5.83. The number of phenols is 1. The second kappa shape index (κ2) is 6.86. The number of hydrogen-bond acceptors (Lipinski definition) is 3. The van der Waals surface area contributed by atoms with Crippen molar-refractivity contribution in [2.75, 3.05) is 13.7 Å². The lowest BCUT2D eigenvalue weighted by Crippen LogP contribution is -2.17. The van der Waals surface area contributed by atoms with Gasteiger partial charge in [0.15, 0.2) is 11.5 Å². The Morgan fingerprint density at radius 3 is 2.63 bits per heavy atom. The maximum Gasteiger partial charge on any atom is 0.389 e. The number of methoxy groups -OCH3 is 1. The standard InChI is InChI=1S/C12H15ClF3NO2/c1-19-10-6-9(13)5-8(11(10)18)7-17-4-2-3-12(14,15)16/h5-6,17-18H,2-4,7H2,1H3. The predicted molar refractivity (Wildman–Crippen MR) is 66.7 cm³/mol. The summed E-state index contributed by atoms with van der Waals surface area (Å²) in [5, 5.41) is 13.0. The molecule has 0 fully saturated rings. The minimum absolute atomic E-state index is 0.0119. The van der Waals surface area contributed by atoms with Gasteiger partial charge >= 0.3 is 6.18 Å². The second-order valence-electron chi connectivity index (χ2n) is 4.01. The van der Waals surface area contributed by atoms with Gasteiger partial charge in [-0.25, -0.2) is 0 Å². The molecule has 0 saturated carbocycles. The molecule has 0 radical (unpaired) electrons. The van der Waals surface area contributed by atoms with E-state index in [4.69, 9.17) is 16.3 Å². The quantitative estimate of drug-likeness (QED) is 0.790. The van der Waals surface area contributed by atoms with Crippen LogP contribution in [0.3, 0.4) is 0 Å². The monoisotopic (exact) mass is 297 g/mol. The van der Waals surface area contributed by atoms with E-state index in [0.717, 1.165) is 0 Å². The van der Waals surface area contributed by atoms with Crippen molar-refractivity contribution >= 4 is 11.6 Å². The molecule has 3 nitrogen and oxygen atoms in total. The second-order valence-corrected chi connectivity index (χ2v) is 4.45. The maximum atomic E-state index is 11.9. The number of phenolic OH excluding ortho intramolecular Hbond substituents is 1. The number of alkyl halides is 3. The Labute approximate surface area is 114 Å². The molecule has 0 aliphatic heterocycles. The van der Waals surface area contributed by atoms with Crippen molar-refractivity contribution in [2.45, 2.75) is 25.6 Å². The molecule has 19 heavy (non-hydrogen) atoms. The summed E-state index contributed by atoms with van der Waals surface area (Å²) in [5.74, 6) is 0.176. The first-order valence-electron chi connectivity index (χ1n) is 5.66. The third-order valence-electron chi connectivity index (χ3n) is 2.47. The van der Waals surface area contributed by atoms with E-state index in [9.17, 15) is 18.3 Å². The molecule has 0 bridgehead atoms. The highest BCUT2D eigenvalue weighted by molar-refractivity contribution is 6.30. The molecule has 1 aromatic carbocycles. The van der Waals surface area contributed by atoms with Crippen LogP contribution in [0, 0.1) is 0 Å². The first-order valence-corrected chi connectivity index (χ1v) is 6.04. The zero-order valence-electron chi connectivity index (χ0n) is 10.4. The van der Waals surface area contributed by atoms with E-state index in [2.05, 4.69) is 5.32 Å². The van der Waals surface area contributed by atoms with E-state index in [1.54, 1.807) is 0 Å². The van der Waals surface area contributed by atoms with Gasteiger partial charge in [-0.05, 0) is 19.0 Å². The minimum atomic E-state index is -4.14. The first kappa shape index (κ1) is 15.9. The third-order valence-corrected chi connectivity index (χ3v) is 2.69. The van der Waals surface area contributed by atoms with E-state index in [1.165, 1.54) is 19.2 Å². The fourth-order valence-electron chi connectivity index (χ4n) is 1.56. The first-order chi connectivity index (χ1) is 8.83. The van der Waals surface area contributed by atoms with Gasteiger partial charge in [-0.3, -0.25) is 0 Å². The Bertz CT molecular complexity index is 424. The zero-order chi connectivity index (χ0) is 14.5. The minimum Gasteiger partial charge on any atom is -0.504 e. The molecule has 0 aromatic heterocycles. The highest BCUT2D eigenvalue weighted by Gasteiger charge is 2.25. The molecule has 0 heterocycles. The Hall–Kier alpha value is -1.14. The molecule has 1 aromatic rings. The summed E-state index contributed by atoms with van der Waals surface area (Å²) < 4.78 is 40.7. The average molecular weight is 298 g/mol. The lowest BCUT2D eigenvalue weighted by Gasteiger charge is -2.11. The number of aromatic hydroxyl groups is 1. The number of hydrogen-bond donors (Lipinski definition) is 2. The smallest absolute Gasteiger partial charge is 0.389 e. The molecule has 2 N–H and O–H groups in total. The van der Waals surface area contributed by atoms with Gasteiger partial charge in [-0.1, -0.05) is 11.6 Å². The van der Waals surface area contributed by atoms with Gasteiger partial charge in [0.25, 0.3) is 0 Å².